The molecule has 9 nitrogen and oxygen atoms in total. The fourth-order valence-corrected chi connectivity index (χ4v) is 5.95. The van der Waals surface area contributed by atoms with E-state index in [4.69, 9.17) is 13.9 Å². The van der Waals surface area contributed by atoms with E-state index in [0.29, 0.717) is 24.3 Å². The molecule has 2 aliphatic rings. The van der Waals surface area contributed by atoms with Crippen LogP contribution in [0.15, 0.2) is 59.2 Å². The predicted octanol–water partition coefficient (Wildman–Crippen LogP) is 4.89. The molecule has 0 saturated carbocycles. The van der Waals surface area contributed by atoms with Crippen molar-refractivity contribution in [3.63, 3.8) is 0 Å². The van der Waals surface area contributed by atoms with Crippen LogP contribution in [0, 0.1) is 0 Å². The Morgan fingerprint density at radius 1 is 1.07 bits per heavy atom. The van der Waals surface area contributed by atoms with Crippen molar-refractivity contribution < 1.29 is 23.8 Å². The van der Waals surface area contributed by atoms with E-state index in [1.54, 1.807) is 12.3 Å². The number of para-hydroxylation sites is 1. The van der Waals surface area contributed by atoms with Gasteiger partial charge in [0.2, 0.25) is 5.88 Å². The Kier molecular flexibility index (Phi) is 7.95. The summed E-state index contributed by atoms with van der Waals surface area (Å²) in [7, 11) is 0. The topological polar surface area (TPSA) is 103 Å². The highest BCUT2D eigenvalue weighted by Crippen LogP contribution is 2.31. The molecule has 212 valence electrons. The number of nitrogens with one attached hydrogen (secondary N) is 2. The van der Waals surface area contributed by atoms with E-state index in [1.165, 1.54) is 0 Å². The number of rotatable bonds is 8. The quantitative estimate of drug-likeness (QED) is 0.289. The Hall–Kier alpha value is -3.53. The van der Waals surface area contributed by atoms with Gasteiger partial charge in [-0.3, -0.25) is 4.90 Å². The number of amides is 1. The summed E-state index contributed by atoms with van der Waals surface area (Å²) >= 11 is 0. The average molecular weight is 547 g/mol. The molecule has 0 unspecified atom stereocenters. The molecule has 2 aromatic heterocycles. The second-order valence-electron chi connectivity index (χ2n) is 11.1. The SMILES string of the molecule is C[C@@H](CN1CCC(NC(=O)Oc2cc3c(OCc4coc5ccccc45)cccc3[nH]2)CC1)N1CCC(O)CC1. The number of aromatic nitrogens is 1. The minimum Gasteiger partial charge on any atom is -0.488 e. The molecule has 0 bridgehead atoms. The van der Waals surface area contributed by atoms with E-state index < -0.39 is 6.09 Å². The van der Waals surface area contributed by atoms with Gasteiger partial charge in [-0.05, 0) is 50.8 Å². The number of aliphatic hydroxyl groups excluding tert-OH is 1. The van der Waals surface area contributed by atoms with Gasteiger partial charge >= 0.3 is 6.09 Å². The van der Waals surface area contributed by atoms with Crippen LogP contribution in [0.3, 0.4) is 0 Å². The van der Waals surface area contributed by atoms with Gasteiger partial charge in [-0.2, -0.15) is 0 Å². The highest BCUT2D eigenvalue weighted by atomic mass is 16.6. The first kappa shape index (κ1) is 26.7. The number of aromatic amines is 1. The molecule has 9 heteroatoms. The van der Waals surface area contributed by atoms with Crippen molar-refractivity contribution in [1.82, 2.24) is 20.1 Å². The molecule has 0 aliphatic carbocycles. The van der Waals surface area contributed by atoms with Crippen molar-refractivity contribution in [1.29, 1.82) is 0 Å². The van der Waals surface area contributed by atoms with Crippen LogP contribution in [0.5, 0.6) is 11.6 Å². The summed E-state index contributed by atoms with van der Waals surface area (Å²) in [6.45, 7) is 7.50. The van der Waals surface area contributed by atoms with E-state index in [2.05, 4.69) is 27.0 Å². The molecular weight excluding hydrogens is 508 g/mol. The second kappa shape index (κ2) is 11.9. The van der Waals surface area contributed by atoms with Crippen LogP contribution in [0.25, 0.3) is 21.9 Å². The van der Waals surface area contributed by atoms with Crippen LogP contribution in [-0.4, -0.2) is 76.9 Å². The zero-order chi connectivity index (χ0) is 27.5. The highest BCUT2D eigenvalue weighted by molar-refractivity contribution is 5.88. The van der Waals surface area contributed by atoms with Gasteiger partial charge in [0.1, 0.15) is 17.9 Å². The van der Waals surface area contributed by atoms with Crippen LogP contribution in [0.4, 0.5) is 4.79 Å². The van der Waals surface area contributed by atoms with E-state index in [-0.39, 0.29) is 12.1 Å². The molecule has 0 spiro atoms. The van der Waals surface area contributed by atoms with Gasteiger partial charge in [-0.15, -0.1) is 0 Å². The molecule has 40 heavy (non-hydrogen) atoms. The second-order valence-corrected chi connectivity index (χ2v) is 11.1. The molecule has 6 rings (SSSR count). The normalized spacial score (nSPS) is 18.8. The van der Waals surface area contributed by atoms with Crippen LogP contribution in [0.2, 0.25) is 0 Å². The zero-order valence-corrected chi connectivity index (χ0v) is 23.0. The van der Waals surface area contributed by atoms with Crippen molar-refractivity contribution in [3.8, 4) is 11.6 Å². The van der Waals surface area contributed by atoms with E-state index in [9.17, 15) is 9.90 Å². The van der Waals surface area contributed by atoms with E-state index in [0.717, 1.165) is 85.8 Å². The minimum absolute atomic E-state index is 0.0947. The number of H-pyrrole nitrogens is 1. The number of carbonyl (C=O) groups is 1. The summed E-state index contributed by atoms with van der Waals surface area (Å²) in [5.41, 5.74) is 2.65. The number of furan rings is 1. The summed E-state index contributed by atoms with van der Waals surface area (Å²) in [4.78, 5) is 20.8. The Labute approximate surface area is 234 Å². The maximum atomic E-state index is 12.7. The first-order valence-corrected chi connectivity index (χ1v) is 14.3. The number of fused-ring (bicyclic) bond motifs is 2. The summed E-state index contributed by atoms with van der Waals surface area (Å²) in [6.07, 6.45) is 4.67. The smallest absolute Gasteiger partial charge is 0.414 e. The molecule has 4 heterocycles. The van der Waals surface area contributed by atoms with Gasteiger partial charge in [0, 0.05) is 67.2 Å². The van der Waals surface area contributed by atoms with Crippen molar-refractivity contribution in [2.75, 3.05) is 32.7 Å². The molecular formula is C31H38N4O5. The third-order valence-corrected chi connectivity index (χ3v) is 8.30. The van der Waals surface area contributed by atoms with Crippen molar-refractivity contribution >= 4 is 28.0 Å². The Bertz CT molecular complexity index is 1430. The molecule has 1 atom stereocenters. The van der Waals surface area contributed by atoms with Gasteiger partial charge < -0.3 is 34.2 Å². The predicted molar refractivity (Wildman–Crippen MR) is 154 cm³/mol. The Morgan fingerprint density at radius 3 is 2.70 bits per heavy atom. The molecule has 4 aromatic rings. The third-order valence-electron chi connectivity index (χ3n) is 8.30. The largest absolute Gasteiger partial charge is 0.488 e. The van der Waals surface area contributed by atoms with E-state index in [1.807, 2.05) is 42.5 Å². The minimum atomic E-state index is -0.447. The third kappa shape index (κ3) is 6.11. The summed E-state index contributed by atoms with van der Waals surface area (Å²) in [5.74, 6) is 1.09. The van der Waals surface area contributed by atoms with Gasteiger partial charge in [0.25, 0.3) is 0 Å². The fourth-order valence-electron chi connectivity index (χ4n) is 5.95. The number of nitrogens with zero attached hydrogens (tertiary/aromatic N) is 2. The van der Waals surface area contributed by atoms with Crippen molar-refractivity contribution in [3.05, 3.63) is 60.4 Å². The first-order valence-electron chi connectivity index (χ1n) is 14.3. The number of hydrogen-bond acceptors (Lipinski definition) is 7. The lowest BCUT2D eigenvalue weighted by Gasteiger charge is -2.39. The molecule has 1 amide bonds. The number of carbonyl (C=O) groups excluding carboxylic acids is 1. The first-order chi connectivity index (χ1) is 19.5. The lowest BCUT2D eigenvalue weighted by Crippen LogP contribution is -2.50. The van der Waals surface area contributed by atoms with Gasteiger partial charge in [0.15, 0.2) is 0 Å². The molecule has 0 radical (unpaired) electrons. The molecule has 2 aliphatic heterocycles. The summed E-state index contributed by atoms with van der Waals surface area (Å²) in [5, 5.41) is 14.7. The highest BCUT2D eigenvalue weighted by Gasteiger charge is 2.26. The van der Waals surface area contributed by atoms with E-state index >= 15 is 0 Å². The standard InChI is InChI=1S/C31H38N4O5/c1-21(35-15-11-24(36)12-16-35)18-34-13-9-23(10-14-34)32-31(37)40-30-17-26-27(33-30)6-4-8-29(26)39-20-22-19-38-28-7-3-2-5-25(22)28/h2-8,17,19,21,23-24,33,36H,9-16,18,20H2,1H3,(H,32,37)/t21-/m0/s1. The molecule has 2 saturated heterocycles. The lowest BCUT2D eigenvalue weighted by atomic mass is 10.0. The average Bonchev–Trinajstić information content (AvgIpc) is 3.57. The zero-order valence-electron chi connectivity index (χ0n) is 23.0. The number of piperidine rings is 2. The van der Waals surface area contributed by atoms with Crippen molar-refractivity contribution in [2.45, 2.75) is 57.4 Å². The summed E-state index contributed by atoms with van der Waals surface area (Å²) in [6, 6.07) is 16.0. The molecule has 2 fully saturated rings. The summed E-state index contributed by atoms with van der Waals surface area (Å²) < 4.78 is 17.4. The maximum Gasteiger partial charge on any atom is 0.414 e. The number of aliphatic hydroxyl groups is 1. The number of benzene rings is 2. The lowest BCUT2D eigenvalue weighted by molar-refractivity contribution is 0.0501. The number of hydrogen-bond donors (Lipinski definition) is 3. The van der Waals surface area contributed by atoms with Crippen molar-refractivity contribution in [2.24, 2.45) is 0 Å². The van der Waals surface area contributed by atoms with Crippen LogP contribution in [0.1, 0.15) is 38.2 Å². The van der Waals surface area contributed by atoms with Gasteiger partial charge in [-0.1, -0.05) is 24.3 Å². The molecule has 2 aromatic carbocycles. The number of ether oxygens (including phenoxy) is 2. The van der Waals surface area contributed by atoms with Crippen LogP contribution >= 0.6 is 0 Å². The fraction of sp³-hybridized carbons (Fsp3) is 0.452. The Morgan fingerprint density at radius 2 is 1.88 bits per heavy atom. The van der Waals surface area contributed by atoms with Crippen LogP contribution in [-0.2, 0) is 6.61 Å². The monoisotopic (exact) mass is 546 g/mol. The van der Waals surface area contributed by atoms with Crippen LogP contribution < -0.4 is 14.8 Å². The van der Waals surface area contributed by atoms with Gasteiger partial charge in [0.05, 0.1) is 17.9 Å². The maximum absolute atomic E-state index is 12.7. The number of likely N-dealkylation sites (tertiary alicyclic amines) is 2. The Balaban J connectivity index is 0.990. The molecule has 3 N–H and O–H groups in total. The van der Waals surface area contributed by atoms with Gasteiger partial charge in [-0.25, -0.2) is 4.79 Å².